The molecule has 0 saturated carbocycles. The quantitative estimate of drug-likeness (QED) is 0.509. The molecule has 0 aliphatic carbocycles. The van der Waals surface area contributed by atoms with E-state index in [-0.39, 0.29) is 5.91 Å². The van der Waals surface area contributed by atoms with Crippen LogP contribution >= 0.6 is 34.3 Å². The number of anilines is 1. The molecule has 134 valence electrons. The van der Waals surface area contributed by atoms with E-state index in [0.29, 0.717) is 15.0 Å². The van der Waals surface area contributed by atoms with E-state index in [2.05, 4.69) is 20.6 Å². The summed E-state index contributed by atoms with van der Waals surface area (Å²) in [7, 11) is 0. The van der Waals surface area contributed by atoms with Crippen LogP contribution in [-0.2, 0) is 0 Å². The summed E-state index contributed by atoms with van der Waals surface area (Å²) >= 11 is 9.23. The molecule has 0 fully saturated rings. The molecule has 0 unspecified atom stereocenters. The second-order valence-corrected chi connectivity index (χ2v) is 8.51. The highest BCUT2D eigenvalue weighted by Gasteiger charge is 2.18. The van der Waals surface area contributed by atoms with Gasteiger partial charge in [0.2, 0.25) is 0 Å². The van der Waals surface area contributed by atoms with Gasteiger partial charge in [-0.2, -0.15) is 0 Å². The molecule has 5 nitrogen and oxygen atoms in total. The summed E-state index contributed by atoms with van der Waals surface area (Å²) in [5.74, 6) is 0.676. The van der Waals surface area contributed by atoms with Gasteiger partial charge in [-0.3, -0.25) is 15.1 Å². The number of benzene rings is 2. The Labute approximate surface area is 167 Å². The van der Waals surface area contributed by atoms with E-state index in [0.717, 1.165) is 44.8 Å². The Kier molecular flexibility index (Phi) is 4.07. The summed E-state index contributed by atoms with van der Waals surface area (Å²) < 4.78 is 1.99. The first-order valence-electron chi connectivity index (χ1n) is 8.37. The van der Waals surface area contributed by atoms with Gasteiger partial charge in [-0.1, -0.05) is 41.1 Å². The number of thiazole rings is 1. The van der Waals surface area contributed by atoms with E-state index in [9.17, 15) is 4.79 Å². The number of nitrogens with one attached hydrogen (secondary N) is 2. The Balaban J connectivity index is 1.45. The SMILES string of the molecule is O=C(Nc1nc2ccc(C3=NCCN3)cc2s1)c1sc2ccccc2c1Cl. The topological polar surface area (TPSA) is 66.4 Å². The molecule has 0 radical (unpaired) electrons. The lowest BCUT2D eigenvalue weighted by Crippen LogP contribution is -2.19. The zero-order valence-corrected chi connectivity index (χ0v) is 16.3. The van der Waals surface area contributed by atoms with Crippen molar-refractivity contribution < 1.29 is 4.79 Å². The minimum Gasteiger partial charge on any atom is -0.368 e. The predicted octanol–water partition coefficient (Wildman–Crippen LogP) is 4.77. The predicted molar refractivity (Wildman–Crippen MR) is 114 cm³/mol. The zero-order chi connectivity index (χ0) is 18.4. The zero-order valence-electron chi connectivity index (χ0n) is 14.0. The van der Waals surface area contributed by atoms with Crippen molar-refractivity contribution in [1.29, 1.82) is 0 Å². The maximum Gasteiger partial charge on any atom is 0.269 e. The van der Waals surface area contributed by atoms with Crippen LogP contribution in [0.1, 0.15) is 15.2 Å². The number of thiophene rings is 1. The van der Waals surface area contributed by atoms with Gasteiger partial charge in [0.05, 0.1) is 21.8 Å². The highest BCUT2D eigenvalue weighted by atomic mass is 35.5. The van der Waals surface area contributed by atoms with Gasteiger partial charge in [-0.15, -0.1) is 11.3 Å². The van der Waals surface area contributed by atoms with Crippen molar-refractivity contribution in [3.8, 4) is 0 Å². The monoisotopic (exact) mass is 412 g/mol. The minimum absolute atomic E-state index is 0.234. The van der Waals surface area contributed by atoms with Crippen LogP contribution in [-0.4, -0.2) is 29.8 Å². The number of fused-ring (bicyclic) bond motifs is 2. The molecule has 0 atom stereocenters. The first-order valence-corrected chi connectivity index (χ1v) is 10.4. The van der Waals surface area contributed by atoms with Crippen LogP contribution in [0.15, 0.2) is 47.5 Å². The van der Waals surface area contributed by atoms with E-state index in [4.69, 9.17) is 11.6 Å². The van der Waals surface area contributed by atoms with Crippen molar-refractivity contribution >= 4 is 71.5 Å². The largest absolute Gasteiger partial charge is 0.368 e. The van der Waals surface area contributed by atoms with Crippen molar-refractivity contribution in [2.45, 2.75) is 0 Å². The number of aromatic nitrogens is 1. The van der Waals surface area contributed by atoms with Gasteiger partial charge < -0.3 is 5.32 Å². The summed E-state index contributed by atoms with van der Waals surface area (Å²) in [4.78, 5) is 22.2. The molecule has 0 saturated heterocycles. The lowest BCUT2D eigenvalue weighted by atomic mass is 10.2. The lowest BCUT2D eigenvalue weighted by molar-refractivity contribution is 0.103. The molecule has 4 aromatic rings. The van der Waals surface area contributed by atoms with Crippen molar-refractivity contribution in [2.24, 2.45) is 4.99 Å². The van der Waals surface area contributed by atoms with Gasteiger partial charge in [-0.25, -0.2) is 4.98 Å². The molecular formula is C19H13ClN4OS2. The number of carbonyl (C=O) groups is 1. The Morgan fingerprint density at radius 2 is 2.04 bits per heavy atom. The van der Waals surface area contributed by atoms with E-state index < -0.39 is 0 Å². The van der Waals surface area contributed by atoms with Crippen molar-refractivity contribution in [3.05, 3.63) is 57.9 Å². The maximum atomic E-state index is 12.7. The third-order valence-corrected chi connectivity index (χ3v) is 6.91. The number of hydrogen-bond donors (Lipinski definition) is 2. The number of nitrogens with zero attached hydrogens (tertiary/aromatic N) is 2. The van der Waals surface area contributed by atoms with Crippen molar-refractivity contribution in [3.63, 3.8) is 0 Å². The molecule has 5 rings (SSSR count). The molecule has 1 amide bonds. The molecule has 8 heteroatoms. The fourth-order valence-corrected chi connectivity index (χ4v) is 5.34. The van der Waals surface area contributed by atoms with Crippen LogP contribution in [0.25, 0.3) is 20.3 Å². The summed E-state index contributed by atoms with van der Waals surface area (Å²) in [6, 6.07) is 13.7. The molecule has 2 N–H and O–H groups in total. The number of aliphatic imine (C=N–C) groups is 1. The molecule has 1 aliphatic rings. The fourth-order valence-electron chi connectivity index (χ4n) is 3.03. The Morgan fingerprint density at radius 1 is 1.15 bits per heavy atom. The second-order valence-electron chi connectivity index (χ2n) is 6.05. The van der Waals surface area contributed by atoms with Gasteiger partial charge in [-0.05, 0) is 24.3 Å². The van der Waals surface area contributed by atoms with Crippen LogP contribution in [0, 0.1) is 0 Å². The Bertz CT molecular complexity index is 1230. The molecule has 2 aromatic heterocycles. The number of amides is 1. The van der Waals surface area contributed by atoms with E-state index in [1.165, 1.54) is 22.7 Å². The molecule has 1 aliphatic heterocycles. The first kappa shape index (κ1) is 16.7. The first-order chi connectivity index (χ1) is 13.2. The maximum absolute atomic E-state index is 12.7. The fraction of sp³-hybridized carbons (Fsp3) is 0.105. The average molecular weight is 413 g/mol. The number of rotatable bonds is 3. The highest BCUT2D eigenvalue weighted by molar-refractivity contribution is 7.23. The second kappa shape index (κ2) is 6.60. The van der Waals surface area contributed by atoms with E-state index in [1.54, 1.807) is 0 Å². The lowest BCUT2D eigenvalue weighted by Gasteiger charge is -2.01. The van der Waals surface area contributed by atoms with Crippen molar-refractivity contribution in [2.75, 3.05) is 18.4 Å². The standard InChI is InChI=1S/C19H13ClN4OS2/c20-15-11-3-1-2-4-13(11)26-16(15)18(25)24-19-23-12-6-5-10(9-14(12)27-19)17-21-7-8-22-17/h1-6,9H,7-8H2,(H,21,22)(H,23,24,25). The van der Waals surface area contributed by atoms with Crippen LogP contribution in [0.2, 0.25) is 5.02 Å². The summed E-state index contributed by atoms with van der Waals surface area (Å²) in [5.41, 5.74) is 1.88. The third-order valence-electron chi connectivity index (χ3n) is 4.30. The molecule has 3 heterocycles. The van der Waals surface area contributed by atoms with E-state index in [1.807, 2.05) is 42.5 Å². The normalized spacial score (nSPS) is 13.7. The molecule has 2 aromatic carbocycles. The molecule has 27 heavy (non-hydrogen) atoms. The summed E-state index contributed by atoms with van der Waals surface area (Å²) in [6.45, 7) is 1.67. The van der Waals surface area contributed by atoms with Crippen molar-refractivity contribution in [1.82, 2.24) is 10.3 Å². The summed E-state index contributed by atoms with van der Waals surface area (Å²) in [5, 5.41) is 8.10. The summed E-state index contributed by atoms with van der Waals surface area (Å²) in [6.07, 6.45) is 0. The van der Waals surface area contributed by atoms with Crippen LogP contribution in [0.4, 0.5) is 5.13 Å². The van der Waals surface area contributed by atoms with Gasteiger partial charge >= 0.3 is 0 Å². The van der Waals surface area contributed by atoms with Crippen LogP contribution in [0.5, 0.6) is 0 Å². The molecule has 0 spiro atoms. The number of carbonyl (C=O) groups excluding carboxylic acids is 1. The van der Waals surface area contributed by atoms with Gasteiger partial charge in [0.15, 0.2) is 5.13 Å². The van der Waals surface area contributed by atoms with Crippen LogP contribution < -0.4 is 10.6 Å². The number of amidine groups is 1. The van der Waals surface area contributed by atoms with Gasteiger partial charge in [0.25, 0.3) is 5.91 Å². The Morgan fingerprint density at radius 3 is 2.85 bits per heavy atom. The molecular weight excluding hydrogens is 400 g/mol. The van der Waals surface area contributed by atoms with E-state index >= 15 is 0 Å². The van der Waals surface area contributed by atoms with Crippen LogP contribution in [0.3, 0.4) is 0 Å². The average Bonchev–Trinajstić information content (AvgIpc) is 3.40. The minimum atomic E-state index is -0.234. The number of halogens is 1. The number of hydrogen-bond acceptors (Lipinski definition) is 6. The molecule has 0 bridgehead atoms. The smallest absolute Gasteiger partial charge is 0.269 e. The third kappa shape index (κ3) is 2.97. The Hall–Kier alpha value is -2.48. The van der Waals surface area contributed by atoms with Gasteiger partial charge in [0.1, 0.15) is 10.7 Å². The highest BCUT2D eigenvalue weighted by Crippen LogP contribution is 2.36. The van der Waals surface area contributed by atoms with Gasteiger partial charge in [0, 0.05) is 22.2 Å².